The molecule has 0 spiro atoms. The van der Waals surface area contributed by atoms with Crippen molar-refractivity contribution in [3.05, 3.63) is 47.4 Å². The van der Waals surface area contributed by atoms with Crippen LogP contribution in [0.15, 0.2) is 30.5 Å². The van der Waals surface area contributed by atoms with Gasteiger partial charge in [-0.15, -0.1) is 0 Å². The van der Waals surface area contributed by atoms with Gasteiger partial charge in [-0.05, 0) is 51.9 Å². The predicted octanol–water partition coefficient (Wildman–Crippen LogP) is 2.62. The van der Waals surface area contributed by atoms with Gasteiger partial charge < -0.3 is 14.8 Å². The summed E-state index contributed by atoms with van der Waals surface area (Å²) in [4.78, 5) is 6.63. The Kier molecular flexibility index (Phi) is 6.54. The lowest BCUT2D eigenvalue weighted by Gasteiger charge is -2.29. The molecule has 0 aliphatic rings. The quantitative estimate of drug-likeness (QED) is 0.780. The second-order valence-electron chi connectivity index (χ2n) is 6.44. The molecule has 0 saturated heterocycles. The van der Waals surface area contributed by atoms with Crippen molar-refractivity contribution in [2.45, 2.75) is 46.3 Å². The minimum atomic E-state index is -0.612. The van der Waals surface area contributed by atoms with Crippen LogP contribution in [0, 0.1) is 13.8 Å². The van der Waals surface area contributed by atoms with E-state index in [1.807, 2.05) is 19.1 Å². The maximum Gasteiger partial charge on any atom is 0.136 e. The van der Waals surface area contributed by atoms with Gasteiger partial charge in [0, 0.05) is 35.7 Å². The Morgan fingerprint density at radius 3 is 2.33 bits per heavy atom. The zero-order valence-corrected chi connectivity index (χ0v) is 15.1. The van der Waals surface area contributed by atoms with Crippen molar-refractivity contribution in [3.63, 3.8) is 0 Å². The predicted molar refractivity (Wildman–Crippen MR) is 96.4 cm³/mol. The molecule has 5 nitrogen and oxygen atoms in total. The summed E-state index contributed by atoms with van der Waals surface area (Å²) in [5.41, 5.74) is 3.07. The summed E-state index contributed by atoms with van der Waals surface area (Å²) in [6.45, 7) is 9.62. The van der Waals surface area contributed by atoms with Gasteiger partial charge in [0.15, 0.2) is 0 Å². The topological polar surface area (TPSA) is 61.5 Å². The number of hydrogen-bond acceptors (Lipinski definition) is 4. The number of nitrogens with zero attached hydrogens (tertiary/aromatic N) is 3. The van der Waals surface area contributed by atoms with Gasteiger partial charge in [0.2, 0.25) is 0 Å². The largest absolute Gasteiger partial charge is 0.395 e. The maximum atomic E-state index is 10.5. The summed E-state index contributed by atoms with van der Waals surface area (Å²) in [6.07, 6.45) is 2.12. The van der Waals surface area contributed by atoms with Crippen LogP contribution in [-0.4, -0.2) is 50.4 Å². The third-order valence-electron chi connectivity index (χ3n) is 4.46. The van der Waals surface area contributed by atoms with E-state index in [1.165, 1.54) is 0 Å². The van der Waals surface area contributed by atoms with Crippen molar-refractivity contribution in [1.82, 2.24) is 14.5 Å². The molecule has 2 aromatic rings. The van der Waals surface area contributed by atoms with Crippen LogP contribution in [0.4, 0.5) is 0 Å². The number of aromatic nitrogens is 2. The molecule has 0 unspecified atom stereocenters. The van der Waals surface area contributed by atoms with Crippen molar-refractivity contribution in [1.29, 1.82) is 0 Å². The van der Waals surface area contributed by atoms with Gasteiger partial charge in [-0.1, -0.05) is 13.0 Å². The van der Waals surface area contributed by atoms with E-state index in [2.05, 4.69) is 47.4 Å². The summed E-state index contributed by atoms with van der Waals surface area (Å²) in [6, 6.07) is 8.05. The number of hydrogen-bond donors (Lipinski definition) is 2. The van der Waals surface area contributed by atoms with Gasteiger partial charge in [-0.2, -0.15) is 0 Å². The van der Waals surface area contributed by atoms with E-state index in [0.717, 1.165) is 35.7 Å². The zero-order chi connectivity index (χ0) is 17.7. The van der Waals surface area contributed by atoms with E-state index < -0.39 is 6.10 Å². The lowest BCUT2D eigenvalue weighted by molar-refractivity contribution is 0.0684. The molecular weight excluding hydrogens is 302 g/mol. The number of rotatable bonds is 8. The molecule has 24 heavy (non-hydrogen) atoms. The number of pyridine rings is 1. The monoisotopic (exact) mass is 331 g/mol. The first-order valence-corrected chi connectivity index (χ1v) is 8.62. The highest BCUT2D eigenvalue weighted by molar-refractivity contribution is 5.33. The van der Waals surface area contributed by atoms with Crippen LogP contribution in [0.25, 0.3) is 5.82 Å². The molecule has 0 aromatic carbocycles. The standard InChI is InChI=1S/C19H29N3O2/c1-5-10-21(16(4)13-23)12-18(24)17-8-9-19(20-11-17)22-14(2)6-7-15(22)3/h6-9,11,16,18,23-24H,5,10,12-13H2,1-4H3/t16-,18+/m0/s1. The van der Waals surface area contributed by atoms with Gasteiger partial charge in [0.1, 0.15) is 5.82 Å². The highest BCUT2D eigenvalue weighted by Crippen LogP contribution is 2.19. The van der Waals surface area contributed by atoms with E-state index in [0.29, 0.717) is 6.54 Å². The smallest absolute Gasteiger partial charge is 0.136 e. The number of aryl methyl sites for hydroxylation is 2. The summed E-state index contributed by atoms with van der Waals surface area (Å²) in [7, 11) is 0. The van der Waals surface area contributed by atoms with Crippen LogP contribution in [0.2, 0.25) is 0 Å². The lowest BCUT2D eigenvalue weighted by atomic mass is 10.1. The Morgan fingerprint density at radius 1 is 1.17 bits per heavy atom. The lowest BCUT2D eigenvalue weighted by Crippen LogP contribution is -2.39. The van der Waals surface area contributed by atoms with E-state index in [4.69, 9.17) is 0 Å². The zero-order valence-electron chi connectivity index (χ0n) is 15.1. The molecular formula is C19H29N3O2. The Bertz CT molecular complexity index is 617. The first kappa shape index (κ1) is 18.6. The van der Waals surface area contributed by atoms with Crippen LogP contribution < -0.4 is 0 Å². The Hall–Kier alpha value is -1.69. The average molecular weight is 331 g/mol. The number of aliphatic hydroxyl groups is 2. The normalized spacial score (nSPS) is 14.1. The Labute approximate surface area is 144 Å². The second kappa shape index (κ2) is 8.42. The van der Waals surface area contributed by atoms with Crippen molar-refractivity contribution in [2.75, 3.05) is 19.7 Å². The summed E-state index contributed by atoms with van der Waals surface area (Å²) >= 11 is 0. The third kappa shape index (κ3) is 4.23. The van der Waals surface area contributed by atoms with Crippen molar-refractivity contribution >= 4 is 0 Å². The highest BCUT2D eigenvalue weighted by Gasteiger charge is 2.18. The fourth-order valence-electron chi connectivity index (χ4n) is 2.98. The first-order chi connectivity index (χ1) is 11.5. The molecule has 2 aromatic heterocycles. The molecule has 2 N–H and O–H groups in total. The third-order valence-corrected chi connectivity index (χ3v) is 4.46. The highest BCUT2D eigenvalue weighted by atomic mass is 16.3. The minimum Gasteiger partial charge on any atom is -0.395 e. The van der Waals surface area contributed by atoms with Crippen LogP contribution in [-0.2, 0) is 0 Å². The summed E-state index contributed by atoms with van der Waals surface area (Å²) < 4.78 is 2.09. The van der Waals surface area contributed by atoms with E-state index >= 15 is 0 Å². The van der Waals surface area contributed by atoms with Gasteiger partial charge in [0.25, 0.3) is 0 Å². The maximum absolute atomic E-state index is 10.5. The van der Waals surface area contributed by atoms with Crippen LogP contribution in [0.3, 0.4) is 0 Å². The van der Waals surface area contributed by atoms with E-state index in [9.17, 15) is 10.2 Å². The van der Waals surface area contributed by atoms with E-state index in [-0.39, 0.29) is 12.6 Å². The summed E-state index contributed by atoms with van der Waals surface area (Å²) in [5.74, 6) is 0.861. The fourth-order valence-corrected chi connectivity index (χ4v) is 2.98. The van der Waals surface area contributed by atoms with Crippen molar-refractivity contribution in [3.8, 4) is 5.82 Å². The fraction of sp³-hybridized carbons (Fsp3) is 0.526. The molecule has 0 fully saturated rings. The van der Waals surface area contributed by atoms with Gasteiger partial charge in [0.05, 0.1) is 12.7 Å². The first-order valence-electron chi connectivity index (χ1n) is 8.62. The van der Waals surface area contributed by atoms with Crippen LogP contribution in [0.1, 0.15) is 43.3 Å². The second-order valence-corrected chi connectivity index (χ2v) is 6.44. The Morgan fingerprint density at radius 2 is 1.83 bits per heavy atom. The molecule has 2 heterocycles. The molecule has 0 amide bonds. The van der Waals surface area contributed by atoms with Gasteiger partial charge >= 0.3 is 0 Å². The molecule has 0 aliphatic carbocycles. The molecule has 132 valence electrons. The molecule has 0 aliphatic heterocycles. The summed E-state index contributed by atoms with van der Waals surface area (Å²) in [5, 5.41) is 19.9. The molecule has 2 atom stereocenters. The minimum absolute atomic E-state index is 0.0389. The SMILES string of the molecule is CCCN(C[C@@H](O)c1ccc(-n2c(C)ccc2C)nc1)[C@@H](C)CO. The average Bonchev–Trinajstić information content (AvgIpc) is 2.92. The van der Waals surface area contributed by atoms with Crippen molar-refractivity contribution < 1.29 is 10.2 Å². The Balaban J connectivity index is 2.12. The van der Waals surface area contributed by atoms with Crippen LogP contribution >= 0.6 is 0 Å². The van der Waals surface area contributed by atoms with Crippen molar-refractivity contribution in [2.24, 2.45) is 0 Å². The molecule has 0 saturated carbocycles. The van der Waals surface area contributed by atoms with Gasteiger partial charge in [-0.25, -0.2) is 4.98 Å². The molecule has 0 radical (unpaired) electrons. The van der Waals surface area contributed by atoms with Gasteiger partial charge in [-0.3, -0.25) is 4.90 Å². The number of aliphatic hydroxyl groups excluding tert-OH is 2. The van der Waals surface area contributed by atoms with Crippen LogP contribution in [0.5, 0.6) is 0 Å². The molecule has 2 rings (SSSR count). The molecule has 0 bridgehead atoms. The van der Waals surface area contributed by atoms with E-state index in [1.54, 1.807) is 6.20 Å². The molecule has 5 heteroatoms.